The summed E-state index contributed by atoms with van der Waals surface area (Å²) >= 11 is 1.24. The molecule has 1 aromatic carbocycles. The van der Waals surface area contributed by atoms with Crippen molar-refractivity contribution in [2.24, 2.45) is 0 Å². The first-order valence-corrected chi connectivity index (χ1v) is 5.46. The Kier molecular flexibility index (Phi) is 2.47. The normalized spacial score (nSPS) is 10.6. The van der Waals surface area contributed by atoms with Crippen LogP contribution in [-0.2, 0) is 0 Å². The number of thiophene rings is 1. The van der Waals surface area contributed by atoms with Gasteiger partial charge in [-0.2, -0.15) is 0 Å². The largest absolute Gasteiger partial charge is 0.495 e. The minimum absolute atomic E-state index is 0.350. The van der Waals surface area contributed by atoms with Crippen LogP contribution in [0.5, 0.6) is 5.75 Å². The number of aromatic carboxylic acids is 1. The molecule has 4 nitrogen and oxygen atoms in total. The zero-order valence-electron chi connectivity index (χ0n) is 8.90. The molecular weight excluding hydrogens is 226 g/mol. The Bertz CT molecular complexity index is 574. The summed E-state index contributed by atoms with van der Waals surface area (Å²) in [5, 5.41) is 9.89. The van der Waals surface area contributed by atoms with Crippen molar-refractivity contribution in [3.05, 3.63) is 22.6 Å². The van der Waals surface area contributed by atoms with Crippen molar-refractivity contribution in [1.29, 1.82) is 0 Å². The van der Waals surface area contributed by atoms with E-state index in [1.165, 1.54) is 18.4 Å². The predicted molar refractivity (Wildman–Crippen MR) is 64.5 cm³/mol. The zero-order chi connectivity index (χ0) is 11.9. The smallest absolute Gasteiger partial charge is 0.346 e. The molecule has 0 saturated heterocycles. The number of anilines is 1. The SMILES string of the molecule is COc1cc2sc(C(=O)O)c(C)c2cc1N. The summed E-state index contributed by atoms with van der Waals surface area (Å²) in [4.78, 5) is 11.3. The summed E-state index contributed by atoms with van der Waals surface area (Å²) in [6.07, 6.45) is 0. The fourth-order valence-electron chi connectivity index (χ4n) is 1.65. The minimum Gasteiger partial charge on any atom is -0.495 e. The number of methoxy groups -OCH3 is 1. The molecule has 0 aliphatic heterocycles. The Balaban J connectivity index is 2.77. The molecular formula is C11H11NO3S. The average molecular weight is 237 g/mol. The Morgan fingerprint density at radius 1 is 1.50 bits per heavy atom. The quantitative estimate of drug-likeness (QED) is 0.787. The first-order chi connectivity index (χ1) is 7.54. The van der Waals surface area contributed by atoms with E-state index >= 15 is 0 Å². The topological polar surface area (TPSA) is 72.5 Å². The van der Waals surface area contributed by atoms with Crippen molar-refractivity contribution >= 4 is 33.1 Å². The van der Waals surface area contributed by atoms with Crippen LogP contribution in [-0.4, -0.2) is 18.2 Å². The Hall–Kier alpha value is -1.75. The van der Waals surface area contributed by atoms with Crippen LogP contribution in [0.15, 0.2) is 12.1 Å². The van der Waals surface area contributed by atoms with Crippen LogP contribution >= 0.6 is 11.3 Å². The van der Waals surface area contributed by atoms with E-state index in [9.17, 15) is 4.79 Å². The van der Waals surface area contributed by atoms with Gasteiger partial charge in [-0.15, -0.1) is 11.3 Å². The molecule has 3 N–H and O–H groups in total. The molecule has 1 heterocycles. The molecule has 0 unspecified atom stereocenters. The maximum atomic E-state index is 11.0. The Labute approximate surface area is 96.3 Å². The number of aryl methyl sites for hydroxylation is 1. The third-order valence-electron chi connectivity index (χ3n) is 2.48. The van der Waals surface area contributed by atoms with Gasteiger partial charge in [-0.05, 0) is 23.9 Å². The monoisotopic (exact) mass is 237 g/mol. The summed E-state index contributed by atoms with van der Waals surface area (Å²) in [6, 6.07) is 3.53. The van der Waals surface area contributed by atoms with Gasteiger partial charge in [0.15, 0.2) is 0 Å². The van der Waals surface area contributed by atoms with Crippen LogP contribution in [0.3, 0.4) is 0 Å². The lowest BCUT2D eigenvalue weighted by molar-refractivity contribution is 0.0701. The molecule has 16 heavy (non-hydrogen) atoms. The van der Waals surface area contributed by atoms with Crippen LogP contribution in [0.2, 0.25) is 0 Å². The molecule has 0 atom stereocenters. The predicted octanol–water partition coefficient (Wildman–Crippen LogP) is 2.50. The van der Waals surface area contributed by atoms with Gasteiger partial charge in [-0.25, -0.2) is 4.79 Å². The molecule has 0 saturated carbocycles. The Morgan fingerprint density at radius 2 is 2.19 bits per heavy atom. The van der Waals surface area contributed by atoms with Crippen molar-refractivity contribution in [2.45, 2.75) is 6.92 Å². The third-order valence-corrected chi connectivity index (χ3v) is 3.73. The number of nitrogens with two attached hydrogens (primary N) is 1. The van der Waals surface area contributed by atoms with Gasteiger partial charge in [0.25, 0.3) is 0 Å². The highest BCUT2D eigenvalue weighted by Gasteiger charge is 2.15. The van der Waals surface area contributed by atoms with Crippen LogP contribution < -0.4 is 10.5 Å². The minimum atomic E-state index is -0.906. The number of rotatable bonds is 2. The van der Waals surface area contributed by atoms with E-state index in [1.54, 1.807) is 19.1 Å². The summed E-state index contributed by atoms with van der Waals surface area (Å²) in [5.41, 5.74) is 7.06. The number of hydrogen-bond donors (Lipinski definition) is 2. The lowest BCUT2D eigenvalue weighted by Crippen LogP contribution is -1.94. The highest BCUT2D eigenvalue weighted by Crippen LogP contribution is 2.36. The van der Waals surface area contributed by atoms with E-state index in [1.807, 2.05) is 0 Å². The highest BCUT2D eigenvalue weighted by atomic mass is 32.1. The van der Waals surface area contributed by atoms with Gasteiger partial charge in [-0.1, -0.05) is 0 Å². The molecule has 1 aromatic heterocycles. The van der Waals surface area contributed by atoms with Crippen molar-refractivity contribution in [3.63, 3.8) is 0 Å². The van der Waals surface area contributed by atoms with Crippen LogP contribution in [0.25, 0.3) is 10.1 Å². The molecule has 0 aliphatic carbocycles. The molecule has 2 rings (SSSR count). The first kappa shape index (κ1) is 10.8. The average Bonchev–Trinajstić information content (AvgIpc) is 2.55. The molecule has 0 radical (unpaired) electrons. The molecule has 5 heteroatoms. The number of benzene rings is 1. The summed E-state index contributed by atoms with van der Waals surface area (Å²) < 4.78 is 5.97. The number of ether oxygens (including phenoxy) is 1. The number of nitrogen functional groups attached to an aromatic ring is 1. The van der Waals surface area contributed by atoms with E-state index in [0.29, 0.717) is 16.3 Å². The molecule has 0 fully saturated rings. The van der Waals surface area contributed by atoms with E-state index in [0.717, 1.165) is 15.6 Å². The van der Waals surface area contributed by atoms with Crippen molar-refractivity contribution in [3.8, 4) is 5.75 Å². The molecule has 0 amide bonds. The van der Waals surface area contributed by atoms with Crippen LogP contribution in [0.1, 0.15) is 15.2 Å². The van der Waals surface area contributed by atoms with Gasteiger partial charge in [0.2, 0.25) is 0 Å². The molecule has 0 aliphatic rings. The summed E-state index contributed by atoms with van der Waals surface area (Å²) in [7, 11) is 1.54. The van der Waals surface area contributed by atoms with Crippen molar-refractivity contribution < 1.29 is 14.6 Å². The van der Waals surface area contributed by atoms with Crippen molar-refractivity contribution in [1.82, 2.24) is 0 Å². The van der Waals surface area contributed by atoms with Crippen LogP contribution in [0, 0.1) is 6.92 Å². The first-order valence-electron chi connectivity index (χ1n) is 4.64. The number of carboxylic acid groups (broad SMARTS) is 1. The summed E-state index contributed by atoms with van der Waals surface area (Å²) in [5.74, 6) is -0.332. The van der Waals surface area contributed by atoms with Gasteiger partial charge in [0.05, 0.1) is 12.8 Å². The van der Waals surface area contributed by atoms with Crippen molar-refractivity contribution in [2.75, 3.05) is 12.8 Å². The molecule has 0 bridgehead atoms. The fourth-order valence-corrected chi connectivity index (χ4v) is 2.70. The van der Waals surface area contributed by atoms with E-state index in [2.05, 4.69) is 0 Å². The van der Waals surface area contributed by atoms with Gasteiger partial charge >= 0.3 is 5.97 Å². The molecule has 2 aromatic rings. The van der Waals surface area contributed by atoms with Gasteiger partial charge in [-0.3, -0.25) is 0 Å². The van der Waals surface area contributed by atoms with E-state index in [4.69, 9.17) is 15.6 Å². The van der Waals surface area contributed by atoms with Gasteiger partial charge in [0, 0.05) is 10.8 Å². The second-order valence-corrected chi connectivity index (χ2v) is 4.50. The standard InChI is InChI=1S/C11H11NO3S/c1-5-6-3-7(12)8(15-2)4-9(6)16-10(5)11(13)14/h3-4H,12H2,1-2H3,(H,13,14). The van der Waals surface area contributed by atoms with E-state index < -0.39 is 5.97 Å². The maximum absolute atomic E-state index is 11.0. The summed E-state index contributed by atoms with van der Waals surface area (Å²) in [6.45, 7) is 1.79. The lowest BCUT2D eigenvalue weighted by atomic mass is 10.1. The fraction of sp³-hybridized carbons (Fsp3) is 0.182. The maximum Gasteiger partial charge on any atom is 0.346 e. The molecule has 0 spiro atoms. The zero-order valence-corrected chi connectivity index (χ0v) is 9.72. The molecule has 84 valence electrons. The second-order valence-electron chi connectivity index (χ2n) is 3.45. The van der Waals surface area contributed by atoms with Gasteiger partial charge in [0.1, 0.15) is 10.6 Å². The number of hydrogen-bond acceptors (Lipinski definition) is 4. The van der Waals surface area contributed by atoms with Gasteiger partial charge < -0.3 is 15.6 Å². The number of carboxylic acids is 1. The lowest BCUT2D eigenvalue weighted by Gasteiger charge is -2.03. The Morgan fingerprint density at radius 3 is 2.75 bits per heavy atom. The third kappa shape index (κ3) is 1.49. The van der Waals surface area contributed by atoms with Crippen LogP contribution in [0.4, 0.5) is 5.69 Å². The number of carbonyl (C=O) groups is 1. The highest BCUT2D eigenvalue weighted by molar-refractivity contribution is 7.21. The second kappa shape index (κ2) is 3.68. The van der Waals surface area contributed by atoms with E-state index in [-0.39, 0.29) is 0 Å². The number of fused-ring (bicyclic) bond motifs is 1.